The van der Waals surface area contributed by atoms with E-state index in [1.807, 2.05) is 67.6 Å². The van der Waals surface area contributed by atoms with Crippen LogP contribution in [0.5, 0.6) is 5.75 Å². The van der Waals surface area contributed by atoms with Crippen molar-refractivity contribution in [2.45, 2.75) is 64.8 Å². The van der Waals surface area contributed by atoms with Gasteiger partial charge in [0.05, 0.1) is 13.0 Å². The topological polar surface area (TPSA) is 131 Å². The molecule has 9 heteroatoms. The van der Waals surface area contributed by atoms with Crippen LogP contribution in [0.4, 0.5) is 0 Å². The molecule has 0 saturated heterocycles. The number of amides is 2. The Morgan fingerprint density at radius 3 is 2.11 bits per heavy atom. The molecule has 4 rings (SSSR count). The quantitative estimate of drug-likeness (QED) is 0.116. The summed E-state index contributed by atoms with van der Waals surface area (Å²) in [6, 6.07) is 21.6. The van der Waals surface area contributed by atoms with Gasteiger partial charge in [0.2, 0.25) is 5.91 Å². The van der Waals surface area contributed by atoms with Crippen LogP contribution in [0.3, 0.4) is 0 Å². The third-order valence-electron chi connectivity index (χ3n) is 7.58. The lowest BCUT2D eigenvalue weighted by atomic mass is 10.0. The fourth-order valence-corrected chi connectivity index (χ4v) is 4.86. The third kappa shape index (κ3) is 10.5. The van der Waals surface area contributed by atoms with Gasteiger partial charge < -0.3 is 20.5 Å². The number of carboxylic acid groups (broad SMARTS) is 1. The Morgan fingerprint density at radius 2 is 1.46 bits per heavy atom. The summed E-state index contributed by atoms with van der Waals surface area (Å²) in [4.78, 5) is 45.9. The maximum absolute atomic E-state index is 13.0. The first-order chi connectivity index (χ1) is 22.3. The van der Waals surface area contributed by atoms with Crippen LogP contribution in [-0.4, -0.2) is 52.1 Å². The molecular weight excluding hydrogens is 580 g/mol. The van der Waals surface area contributed by atoms with Gasteiger partial charge >= 0.3 is 5.97 Å². The molecule has 2 amide bonds. The van der Waals surface area contributed by atoms with Crippen LogP contribution in [-0.2, 0) is 16.0 Å². The molecule has 4 aromatic rings. The van der Waals surface area contributed by atoms with Crippen molar-refractivity contribution in [1.29, 1.82) is 0 Å². The van der Waals surface area contributed by atoms with Crippen LogP contribution in [0.1, 0.15) is 66.9 Å². The molecule has 0 aliphatic carbocycles. The average molecular weight is 623 g/mol. The normalized spacial score (nSPS) is 11.4. The minimum Gasteiger partial charge on any atom is -0.494 e. The molecule has 3 N–H and O–H groups in total. The summed E-state index contributed by atoms with van der Waals surface area (Å²) in [6.07, 6.45) is 9.60. The van der Waals surface area contributed by atoms with Crippen molar-refractivity contribution < 1.29 is 24.2 Å². The third-order valence-corrected chi connectivity index (χ3v) is 7.58. The number of rotatable bonds is 17. The van der Waals surface area contributed by atoms with E-state index >= 15 is 0 Å². The van der Waals surface area contributed by atoms with Crippen molar-refractivity contribution >= 4 is 17.8 Å². The lowest BCUT2D eigenvalue weighted by Gasteiger charge is -2.19. The second-order valence-corrected chi connectivity index (χ2v) is 11.3. The van der Waals surface area contributed by atoms with E-state index in [0.29, 0.717) is 11.4 Å². The molecule has 0 fully saturated rings. The second-order valence-electron chi connectivity index (χ2n) is 11.3. The zero-order valence-corrected chi connectivity index (χ0v) is 26.5. The number of hydrogen-bond donors (Lipinski definition) is 3. The number of aryl methyl sites for hydroxylation is 1. The van der Waals surface area contributed by atoms with Crippen molar-refractivity contribution in [2.75, 3.05) is 13.2 Å². The van der Waals surface area contributed by atoms with Gasteiger partial charge in [-0.05, 0) is 48.7 Å². The van der Waals surface area contributed by atoms with Crippen molar-refractivity contribution in [1.82, 2.24) is 20.6 Å². The predicted molar refractivity (Wildman–Crippen MR) is 179 cm³/mol. The highest BCUT2D eigenvalue weighted by Gasteiger charge is 2.22. The predicted octanol–water partition coefficient (Wildman–Crippen LogP) is 6.40. The number of aromatic nitrogens is 2. The van der Waals surface area contributed by atoms with Gasteiger partial charge in [0.1, 0.15) is 11.8 Å². The molecule has 1 heterocycles. The van der Waals surface area contributed by atoms with E-state index in [0.717, 1.165) is 46.6 Å². The van der Waals surface area contributed by atoms with Crippen LogP contribution in [0, 0.1) is 6.92 Å². The van der Waals surface area contributed by atoms with Crippen LogP contribution in [0.25, 0.3) is 22.5 Å². The number of unbranched alkanes of at least 4 members (excludes halogenated alkanes) is 4. The molecule has 9 nitrogen and oxygen atoms in total. The van der Waals surface area contributed by atoms with Crippen LogP contribution in [0.15, 0.2) is 85.2 Å². The Bertz CT molecular complexity index is 1550. The monoisotopic (exact) mass is 622 g/mol. The molecule has 3 aromatic carbocycles. The Morgan fingerprint density at radius 1 is 0.804 bits per heavy atom. The van der Waals surface area contributed by atoms with E-state index in [-0.39, 0.29) is 25.3 Å². The number of aliphatic carboxylic acids is 1. The van der Waals surface area contributed by atoms with Crippen molar-refractivity contribution in [3.63, 3.8) is 0 Å². The number of carbonyl (C=O) groups is 3. The van der Waals surface area contributed by atoms with E-state index < -0.39 is 17.9 Å². The molecule has 1 aromatic heterocycles. The van der Waals surface area contributed by atoms with Crippen LogP contribution in [0.2, 0.25) is 0 Å². The molecule has 0 unspecified atom stereocenters. The van der Waals surface area contributed by atoms with E-state index in [9.17, 15) is 14.4 Å². The number of nitrogens with one attached hydrogen (secondary N) is 2. The highest BCUT2D eigenvalue weighted by molar-refractivity contribution is 5.97. The van der Waals surface area contributed by atoms with Crippen molar-refractivity contribution in [3.8, 4) is 28.3 Å². The Kier molecular flexibility index (Phi) is 12.8. The van der Waals surface area contributed by atoms with E-state index in [1.165, 1.54) is 25.7 Å². The number of benzene rings is 3. The molecule has 0 saturated carbocycles. The first-order valence-corrected chi connectivity index (χ1v) is 15.8. The summed E-state index contributed by atoms with van der Waals surface area (Å²) < 4.78 is 5.87. The summed E-state index contributed by atoms with van der Waals surface area (Å²) >= 11 is 0. The standard InChI is InChI=1S/C37H42N4O5/c1-3-4-5-6-7-22-46-32-18-16-28(17-19-32)31-24-39-35(40-25-31)29-14-10-27(11-15-29)23-33(37(45)38-21-20-34(42)43)41-36(44)30-12-8-26(2)9-13-30/h8-19,24-25,33H,3-7,20-23H2,1-2H3,(H,38,45)(H,41,44)(H,42,43)/t33-/m0/s1. The highest BCUT2D eigenvalue weighted by atomic mass is 16.5. The second kappa shape index (κ2) is 17.4. The Hall–Kier alpha value is -5.05. The zero-order chi connectivity index (χ0) is 32.7. The molecular formula is C37H42N4O5. The molecule has 0 spiro atoms. The Balaban J connectivity index is 1.37. The smallest absolute Gasteiger partial charge is 0.305 e. The fourth-order valence-electron chi connectivity index (χ4n) is 4.86. The van der Waals surface area contributed by atoms with E-state index in [1.54, 1.807) is 24.5 Å². The van der Waals surface area contributed by atoms with Gasteiger partial charge in [-0.2, -0.15) is 0 Å². The van der Waals surface area contributed by atoms with Gasteiger partial charge in [-0.3, -0.25) is 14.4 Å². The SMILES string of the molecule is CCCCCCCOc1ccc(-c2cnc(-c3ccc(C[C@H](NC(=O)c4ccc(C)cc4)C(=O)NCCC(=O)O)cc3)nc2)cc1. The van der Waals surface area contributed by atoms with Gasteiger partial charge in [0, 0.05) is 42.0 Å². The molecule has 240 valence electrons. The first-order valence-electron chi connectivity index (χ1n) is 15.8. The number of carbonyl (C=O) groups excluding carboxylic acids is 2. The molecule has 0 aliphatic heterocycles. The van der Waals surface area contributed by atoms with E-state index in [4.69, 9.17) is 9.84 Å². The number of nitrogens with zero attached hydrogens (tertiary/aromatic N) is 2. The fraction of sp³-hybridized carbons (Fsp3) is 0.324. The van der Waals surface area contributed by atoms with Crippen LogP contribution >= 0.6 is 0 Å². The van der Waals surface area contributed by atoms with E-state index in [2.05, 4.69) is 27.5 Å². The summed E-state index contributed by atoms with van der Waals surface area (Å²) in [7, 11) is 0. The molecule has 0 aliphatic rings. The number of hydrogen-bond acceptors (Lipinski definition) is 6. The highest BCUT2D eigenvalue weighted by Crippen LogP contribution is 2.24. The molecule has 1 atom stereocenters. The first kappa shape index (κ1) is 33.8. The minimum absolute atomic E-state index is 0.0333. The molecule has 46 heavy (non-hydrogen) atoms. The average Bonchev–Trinajstić information content (AvgIpc) is 3.07. The van der Waals surface area contributed by atoms with Gasteiger partial charge in [0.15, 0.2) is 5.82 Å². The minimum atomic E-state index is -1.02. The summed E-state index contributed by atoms with van der Waals surface area (Å²) in [5, 5.41) is 14.3. The van der Waals surface area contributed by atoms with Gasteiger partial charge in [-0.25, -0.2) is 9.97 Å². The van der Waals surface area contributed by atoms with Crippen molar-refractivity contribution in [2.24, 2.45) is 0 Å². The lowest BCUT2D eigenvalue weighted by Crippen LogP contribution is -2.48. The summed E-state index contributed by atoms with van der Waals surface area (Å²) in [6.45, 7) is 4.83. The number of ether oxygens (including phenoxy) is 1. The summed E-state index contributed by atoms with van der Waals surface area (Å²) in [5.41, 5.74) is 4.96. The molecule has 0 bridgehead atoms. The largest absolute Gasteiger partial charge is 0.494 e. The number of carboxylic acids is 1. The lowest BCUT2D eigenvalue weighted by molar-refractivity contribution is -0.137. The Labute approximate surface area is 270 Å². The van der Waals surface area contributed by atoms with Gasteiger partial charge in [0.25, 0.3) is 5.91 Å². The maximum Gasteiger partial charge on any atom is 0.305 e. The van der Waals surface area contributed by atoms with Gasteiger partial charge in [-0.1, -0.05) is 86.7 Å². The van der Waals surface area contributed by atoms with Gasteiger partial charge in [-0.15, -0.1) is 0 Å². The van der Waals surface area contributed by atoms with Crippen LogP contribution < -0.4 is 15.4 Å². The zero-order valence-electron chi connectivity index (χ0n) is 26.5. The maximum atomic E-state index is 13.0. The summed E-state index contributed by atoms with van der Waals surface area (Å²) in [5.74, 6) is -0.437. The molecule has 0 radical (unpaired) electrons. The van der Waals surface area contributed by atoms with Crippen molar-refractivity contribution in [3.05, 3.63) is 102 Å².